The van der Waals surface area contributed by atoms with Crippen LogP contribution in [-0.2, 0) is 6.61 Å². The van der Waals surface area contributed by atoms with Gasteiger partial charge in [-0.25, -0.2) is 0 Å². The van der Waals surface area contributed by atoms with E-state index in [1.54, 1.807) is 36.4 Å². The molecule has 2 aromatic carbocycles. The highest BCUT2D eigenvalue weighted by atomic mass is 79.9. The zero-order valence-electron chi connectivity index (χ0n) is 14.8. The van der Waals surface area contributed by atoms with Crippen LogP contribution >= 0.6 is 31.9 Å². The summed E-state index contributed by atoms with van der Waals surface area (Å²) >= 11 is 6.55. The van der Waals surface area contributed by atoms with E-state index in [4.69, 9.17) is 13.7 Å². The number of nitrogens with zero attached hydrogens (tertiary/aromatic N) is 2. The summed E-state index contributed by atoms with van der Waals surface area (Å²) in [7, 11) is 0. The molecule has 1 amide bonds. The van der Waals surface area contributed by atoms with E-state index in [0.717, 1.165) is 10.0 Å². The van der Waals surface area contributed by atoms with Gasteiger partial charge in [-0.15, -0.1) is 0 Å². The second kappa shape index (κ2) is 8.62. The highest BCUT2D eigenvalue weighted by Crippen LogP contribution is 2.21. The van der Waals surface area contributed by atoms with E-state index >= 15 is 0 Å². The number of carbonyl (C=O) groups is 1. The van der Waals surface area contributed by atoms with Gasteiger partial charge in [-0.1, -0.05) is 21.1 Å². The summed E-state index contributed by atoms with van der Waals surface area (Å²) in [4.78, 5) is 16.4. The number of carbonyl (C=O) groups excluding carboxylic acids is 1. The van der Waals surface area contributed by atoms with E-state index in [0.29, 0.717) is 27.8 Å². The lowest BCUT2D eigenvalue weighted by atomic mass is 10.2. The van der Waals surface area contributed by atoms with Gasteiger partial charge in [0.15, 0.2) is 17.0 Å². The molecule has 9 heteroatoms. The first-order valence-electron chi connectivity index (χ1n) is 8.45. The second-order valence-electron chi connectivity index (χ2n) is 5.89. The van der Waals surface area contributed by atoms with E-state index in [-0.39, 0.29) is 18.3 Å². The SMILES string of the molecule is O=C(Nc1ccc(-c2noc(COc3ccc(Br)cc3)n2)cc1)c1ccc(Br)o1. The number of halogens is 2. The van der Waals surface area contributed by atoms with Gasteiger partial charge >= 0.3 is 0 Å². The van der Waals surface area contributed by atoms with Crippen LogP contribution in [0.25, 0.3) is 11.4 Å². The van der Waals surface area contributed by atoms with Crippen LogP contribution in [0.4, 0.5) is 5.69 Å². The molecule has 0 aliphatic rings. The monoisotopic (exact) mass is 517 g/mol. The quantitative estimate of drug-likeness (QED) is 0.353. The first kappa shape index (κ1) is 19.4. The summed E-state index contributed by atoms with van der Waals surface area (Å²) in [6, 6.07) is 17.8. The highest BCUT2D eigenvalue weighted by Gasteiger charge is 2.12. The van der Waals surface area contributed by atoms with Gasteiger partial charge in [-0.3, -0.25) is 4.79 Å². The van der Waals surface area contributed by atoms with Crippen LogP contribution in [0.2, 0.25) is 0 Å². The van der Waals surface area contributed by atoms with E-state index in [1.165, 1.54) is 0 Å². The number of benzene rings is 2. The smallest absolute Gasteiger partial charge is 0.291 e. The van der Waals surface area contributed by atoms with Gasteiger partial charge in [-0.2, -0.15) is 4.98 Å². The van der Waals surface area contributed by atoms with Gasteiger partial charge in [0, 0.05) is 15.7 Å². The van der Waals surface area contributed by atoms with Crippen molar-refractivity contribution in [2.75, 3.05) is 5.32 Å². The minimum Gasteiger partial charge on any atom is -0.484 e. The third-order valence-electron chi connectivity index (χ3n) is 3.84. The third kappa shape index (κ3) is 4.93. The Labute approximate surface area is 182 Å². The van der Waals surface area contributed by atoms with Crippen LogP contribution in [0.3, 0.4) is 0 Å². The normalized spacial score (nSPS) is 10.7. The van der Waals surface area contributed by atoms with Crippen LogP contribution in [-0.4, -0.2) is 16.0 Å². The van der Waals surface area contributed by atoms with E-state index < -0.39 is 0 Å². The molecule has 2 aromatic heterocycles. The van der Waals surface area contributed by atoms with Crippen LogP contribution in [0, 0.1) is 0 Å². The van der Waals surface area contributed by atoms with Crippen molar-refractivity contribution in [1.82, 2.24) is 10.1 Å². The van der Waals surface area contributed by atoms with Crippen molar-refractivity contribution in [3.8, 4) is 17.1 Å². The fourth-order valence-electron chi connectivity index (χ4n) is 2.44. The van der Waals surface area contributed by atoms with E-state index in [1.807, 2.05) is 24.3 Å². The van der Waals surface area contributed by atoms with Gasteiger partial charge in [-0.05, 0) is 76.6 Å². The molecule has 0 saturated heterocycles. The largest absolute Gasteiger partial charge is 0.484 e. The summed E-state index contributed by atoms with van der Waals surface area (Å²) in [5, 5.41) is 6.73. The van der Waals surface area contributed by atoms with Crippen molar-refractivity contribution < 1.29 is 18.5 Å². The standard InChI is InChI=1S/C20H13Br2N3O4/c21-13-3-7-15(8-4-13)27-11-18-24-19(25-29-18)12-1-5-14(6-2-12)23-20(26)16-9-10-17(22)28-16/h1-10H,11H2,(H,23,26). The number of nitrogens with one attached hydrogen (secondary N) is 1. The average Bonchev–Trinajstić information content (AvgIpc) is 3.37. The summed E-state index contributed by atoms with van der Waals surface area (Å²) in [5.74, 6) is 1.39. The van der Waals surface area contributed by atoms with Crippen LogP contribution in [0.5, 0.6) is 5.75 Å². The number of aromatic nitrogens is 2. The van der Waals surface area contributed by atoms with Crippen molar-refractivity contribution >= 4 is 43.5 Å². The molecule has 7 nitrogen and oxygen atoms in total. The Hall–Kier alpha value is -2.91. The first-order chi connectivity index (χ1) is 14.1. The topological polar surface area (TPSA) is 90.4 Å². The molecular weight excluding hydrogens is 506 g/mol. The van der Waals surface area contributed by atoms with Crippen molar-refractivity contribution in [1.29, 1.82) is 0 Å². The molecule has 1 N–H and O–H groups in total. The Morgan fingerprint density at radius 2 is 1.76 bits per heavy atom. The van der Waals surface area contributed by atoms with Crippen molar-refractivity contribution in [3.63, 3.8) is 0 Å². The molecule has 0 spiro atoms. The van der Waals surface area contributed by atoms with Gasteiger partial charge in [0.05, 0.1) is 0 Å². The van der Waals surface area contributed by atoms with Gasteiger partial charge in [0.2, 0.25) is 5.82 Å². The minimum atomic E-state index is -0.338. The molecule has 0 aliphatic carbocycles. The number of amides is 1. The predicted molar refractivity (Wildman–Crippen MR) is 113 cm³/mol. The molecule has 0 fully saturated rings. The lowest BCUT2D eigenvalue weighted by Crippen LogP contribution is -2.10. The zero-order valence-corrected chi connectivity index (χ0v) is 17.9. The lowest BCUT2D eigenvalue weighted by molar-refractivity contribution is 0.0995. The molecule has 29 heavy (non-hydrogen) atoms. The summed E-state index contributed by atoms with van der Waals surface area (Å²) < 4.78 is 17.6. The molecule has 4 aromatic rings. The Bertz CT molecular complexity index is 1120. The highest BCUT2D eigenvalue weighted by molar-refractivity contribution is 9.10. The maximum atomic E-state index is 12.1. The molecule has 0 saturated carbocycles. The van der Waals surface area contributed by atoms with Crippen molar-refractivity contribution in [3.05, 3.63) is 81.5 Å². The lowest BCUT2D eigenvalue weighted by Gasteiger charge is -2.03. The third-order valence-corrected chi connectivity index (χ3v) is 4.80. The Morgan fingerprint density at radius 3 is 2.45 bits per heavy atom. The van der Waals surface area contributed by atoms with Gasteiger partial charge in [0.25, 0.3) is 11.8 Å². The Kier molecular flexibility index (Phi) is 5.77. The van der Waals surface area contributed by atoms with Crippen molar-refractivity contribution in [2.45, 2.75) is 6.61 Å². The summed E-state index contributed by atoms with van der Waals surface area (Å²) in [6.07, 6.45) is 0. The zero-order chi connectivity index (χ0) is 20.2. The number of ether oxygens (including phenoxy) is 1. The number of furan rings is 1. The number of hydrogen-bond acceptors (Lipinski definition) is 6. The van der Waals surface area contributed by atoms with Crippen LogP contribution in [0.15, 0.2) is 78.7 Å². The molecule has 0 aliphatic heterocycles. The maximum absolute atomic E-state index is 12.1. The molecule has 146 valence electrons. The van der Waals surface area contributed by atoms with E-state index in [2.05, 4.69) is 47.3 Å². The predicted octanol–water partition coefficient (Wildman–Crippen LogP) is 5.69. The summed E-state index contributed by atoms with van der Waals surface area (Å²) in [5.41, 5.74) is 1.37. The number of anilines is 1. The maximum Gasteiger partial charge on any atom is 0.291 e. The molecule has 0 atom stereocenters. The first-order valence-corrected chi connectivity index (χ1v) is 10.0. The fraction of sp³-hybridized carbons (Fsp3) is 0.0500. The number of rotatable bonds is 6. The Morgan fingerprint density at radius 1 is 1.00 bits per heavy atom. The molecule has 0 unspecified atom stereocenters. The molecule has 0 bridgehead atoms. The molecule has 4 rings (SSSR count). The van der Waals surface area contributed by atoms with Crippen LogP contribution < -0.4 is 10.1 Å². The van der Waals surface area contributed by atoms with Crippen molar-refractivity contribution in [2.24, 2.45) is 0 Å². The molecule has 0 radical (unpaired) electrons. The second-order valence-corrected chi connectivity index (χ2v) is 7.59. The minimum absolute atomic E-state index is 0.168. The van der Waals surface area contributed by atoms with E-state index in [9.17, 15) is 4.79 Å². The Balaban J connectivity index is 1.37. The summed E-state index contributed by atoms with van der Waals surface area (Å²) in [6.45, 7) is 0.168. The number of hydrogen-bond donors (Lipinski definition) is 1. The molecular formula is C20H13Br2N3O4. The van der Waals surface area contributed by atoms with Crippen LogP contribution in [0.1, 0.15) is 16.4 Å². The average molecular weight is 519 g/mol. The molecule has 2 heterocycles. The fourth-order valence-corrected chi connectivity index (χ4v) is 3.01. The van der Waals surface area contributed by atoms with Gasteiger partial charge in [0.1, 0.15) is 5.75 Å². The van der Waals surface area contributed by atoms with Gasteiger partial charge < -0.3 is 19.0 Å².